The van der Waals surface area contributed by atoms with Gasteiger partial charge in [-0.1, -0.05) is 29.8 Å². The Balaban J connectivity index is 2.79. The molecule has 1 aromatic rings. The van der Waals surface area contributed by atoms with Crippen molar-refractivity contribution in [1.29, 1.82) is 0 Å². The van der Waals surface area contributed by atoms with Crippen molar-refractivity contribution in [2.75, 3.05) is 6.54 Å². The summed E-state index contributed by atoms with van der Waals surface area (Å²) in [6.07, 6.45) is 0.141. The maximum atomic E-state index is 10.7. The van der Waals surface area contributed by atoms with Crippen molar-refractivity contribution in [3.8, 4) is 0 Å². The van der Waals surface area contributed by atoms with Gasteiger partial charge in [-0.15, -0.1) is 0 Å². The maximum absolute atomic E-state index is 10.7. The minimum atomic E-state index is -0.775. The molecule has 0 bridgehead atoms. The summed E-state index contributed by atoms with van der Waals surface area (Å²) >= 11 is 6.14. The van der Waals surface area contributed by atoms with Crippen LogP contribution in [0, 0.1) is 0 Å². The van der Waals surface area contributed by atoms with Gasteiger partial charge < -0.3 is 5.11 Å². The Morgan fingerprint density at radius 3 is 2.44 bits per heavy atom. The second kappa shape index (κ2) is 6.21. The number of halogens is 1. The number of carboxylic acid groups (broad SMARTS) is 1. The summed E-state index contributed by atoms with van der Waals surface area (Å²) in [5, 5.41) is 9.52. The van der Waals surface area contributed by atoms with Gasteiger partial charge in [0, 0.05) is 23.7 Å². The molecule has 0 atom stereocenters. The van der Waals surface area contributed by atoms with Crippen LogP contribution in [0.3, 0.4) is 0 Å². The van der Waals surface area contributed by atoms with Crippen molar-refractivity contribution in [2.45, 2.75) is 39.3 Å². The lowest BCUT2D eigenvalue weighted by Gasteiger charge is -2.35. The zero-order chi connectivity index (χ0) is 13.8. The van der Waals surface area contributed by atoms with E-state index in [1.54, 1.807) is 0 Å². The Morgan fingerprint density at radius 2 is 1.94 bits per heavy atom. The number of hydrogen-bond donors (Lipinski definition) is 1. The van der Waals surface area contributed by atoms with E-state index in [2.05, 4.69) is 25.7 Å². The van der Waals surface area contributed by atoms with Crippen molar-refractivity contribution >= 4 is 17.6 Å². The quantitative estimate of drug-likeness (QED) is 0.890. The first-order valence-corrected chi connectivity index (χ1v) is 6.39. The van der Waals surface area contributed by atoms with Crippen molar-refractivity contribution in [2.24, 2.45) is 0 Å². The maximum Gasteiger partial charge on any atom is 0.304 e. The first-order chi connectivity index (χ1) is 8.30. The van der Waals surface area contributed by atoms with Gasteiger partial charge in [0.25, 0.3) is 0 Å². The Labute approximate surface area is 113 Å². The van der Waals surface area contributed by atoms with Crippen molar-refractivity contribution < 1.29 is 9.90 Å². The van der Waals surface area contributed by atoms with Gasteiger partial charge in [-0.25, -0.2) is 0 Å². The van der Waals surface area contributed by atoms with Crippen LogP contribution in [-0.2, 0) is 11.3 Å². The van der Waals surface area contributed by atoms with E-state index < -0.39 is 5.97 Å². The average Bonchev–Trinajstić information content (AvgIpc) is 2.24. The van der Waals surface area contributed by atoms with Crippen LogP contribution >= 0.6 is 11.6 Å². The SMILES string of the molecule is CC(C)(C)N(CCC(=O)O)Cc1ccccc1Cl. The molecule has 0 aliphatic carbocycles. The highest BCUT2D eigenvalue weighted by atomic mass is 35.5. The number of aliphatic carboxylic acids is 1. The Morgan fingerprint density at radius 1 is 1.33 bits per heavy atom. The van der Waals surface area contributed by atoms with E-state index in [0.29, 0.717) is 13.1 Å². The normalized spacial score (nSPS) is 11.8. The summed E-state index contributed by atoms with van der Waals surface area (Å²) in [5.74, 6) is -0.775. The Bertz CT molecular complexity index is 413. The van der Waals surface area contributed by atoms with Crippen LogP contribution in [0.1, 0.15) is 32.8 Å². The van der Waals surface area contributed by atoms with Crippen LogP contribution < -0.4 is 0 Å². The van der Waals surface area contributed by atoms with Gasteiger partial charge in [0.1, 0.15) is 0 Å². The summed E-state index contributed by atoms with van der Waals surface area (Å²) in [6.45, 7) is 7.41. The van der Waals surface area contributed by atoms with E-state index in [0.717, 1.165) is 10.6 Å². The molecule has 100 valence electrons. The zero-order valence-electron chi connectivity index (χ0n) is 11.1. The second-order valence-corrected chi connectivity index (χ2v) is 5.73. The molecule has 0 heterocycles. The third-order valence-corrected chi connectivity index (χ3v) is 3.23. The van der Waals surface area contributed by atoms with Gasteiger partial charge in [-0.05, 0) is 32.4 Å². The topological polar surface area (TPSA) is 40.5 Å². The molecule has 0 saturated carbocycles. The Hall–Kier alpha value is -1.06. The van der Waals surface area contributed by atoms with Gasteiger partial charge >= 0.3 is 5.97 Å². The lowest BCUT2D eigenvalue weighted by molar-refractivity contribution is -0.137. The van der Waals surface area contributed by atoms with Crippen LogP contribution in [0.2, 0.25) is 5.02 Å². The van der Waals surface area contributed by atoms with Gasteiger partial charge in [0.15, 0.2) is 0 Å². The molecule has 0 radical (unpaired) electrons. The van der Waals surface area contributed by atoms with Crippen LogP contribution in [0.25, 0.3) is 0 Å². The number of carbonyl (C=O) groups is 1. The van der Waals surface area contributed by atoms with Gasteiger partial charge in [-0.3, -0.25) is 9.69 Å². The fraction of sp³-hybridized carbons (Fsp3) is 0.500. The van der Waals surface area contributed by atoms with Crippen LogP contribution in [0.4, 0.5) is 0 Å². The summed E-state index contributed by atoms with van der Waals surface area (Å²) in [7, 11) is 0. The molecule has 0 aliphatic heterocycles. The minimum absolute atomic E-state index is 0.0887. The highest BCUT2D eigenvalue weighted by Crippen LogP contribution is 2.22. The molecular weight excluding hydrogens is 250 g/mol. The fourth-order valence-corrected chi connectivity index (χ4v) is 1.91. The summed E-state index contributed by atoms with van der Waals surface area (Å²) in [4.78, 5) is 12.8. The molecule has 0 saturated heterocycles. The van der Waals surface area contributed by atoms with E-state index in [1.165, 1.54) is 0 Å². The molecule has 18 heavy (non-hydrogen) atoms. The largest absolute Gasteiger partial charge is 0.481 e. The molecule has 0 spiro atoms. The predicted molar refractivity (Wildman–Crippen MR) is 73.9 cm³/mol. The van der Waals surface area contributed by atoms with Crippen LogP contribution in [0.5, 0.6) is 0 Å². The van der Waals surface area contributed by atoms with E-state index in [-0.39, 0.29) is 12.0 Å². The summed E-state index contributed by atoms with van der Waals surface area (Å²) < 4.78 is 0. The average molecular weight is 270 g/mol. The van der Waals surface area contributed by atoms with Crippen LogP contribution in [-0.4, -0.2) is 28.1 Å². The van der Waals surface area contributed by atoms with E-state index in [1.807, 2.05) is 24.3 Å². The summed E-state index contributed by atoms with van der Waals surface area (Å²) in [6, 6.07) is 7.67. The third-order valence-electron chi connectivity index (χ3n) is 2.86. The lowest BCUT2D eigenvalue weighted by Crippen LogP contribution is -2.42. The molecule has 4 heteroatoms. The molecule has 3 nitrogen and oxygen atoms in total. The highest BCUT2D eigenvalue weighted by Gasteiger charge is 2.22. The predicted octanol–water partition coefficient (Wildman–Crippen LogP) is 3.42. The van der Waals surface area contributed by atoms with E-state index >= 15 is 0 Å². The van der Waals surface area contributed by atoms with Crippen molar-refractivity contribution in [3.05, 3.63) is 34.9 Å². The molecule has 0 fully saturated rings. The highest BCUT2D eigenvalue weighted by molar-refractivity contribution is 6.31. The molecular formula is C14H20ClNO2. The summed E-state index contributed by atoms with van der Waals surface area (Å²) in [5.41, 5.74) is 0.939. The molecule has 0 aromatic heterocycles. The van der Waals surface area contributed by atoms with Crippen molar-refractivity contribution in [3.63, 3.8) is 0 Å². The first kappa shape index (κ1) is 15.0. The van der Waals surface area contributed by atoms with Gasteiger partial charge in [0.2, 0.25) is 0 Å². The minimum Gasteiger partial charge on any atom is -0.481 e. The van der Waals surface area contributed by atoms with Crippen LogP contribution in [0.15, 0.2) is 24.3 Å². The number of hydrogen-bond acceptors (Lipinski definition) is 2. The third kappa shape index (κ3) is 4.67. The molecule has 1 aromatic carbocycles. The number of carboxylic acids is 1. The van der Waals surface area contributed by atoms with Gasteiger partial charge in [0.05, 0.1) is 6.42 Å². The van der Waals surface area contributed by atoms with E-state index in [9.17, 15) is 4.79 Å². The first-order valence-electron chi connectivity index (χ1n) is 6.01. The van der Waals surface area contributed by atoms with E-state index in [4.69, 9.17) is 16.7 Å². The number of rotatable bonds is 5. The number of nitrogens with zero attached hydrogens (tertiary/aromatic N) is 1. The molecule has 0 amide bonds. The fourth-order valence-electron chi connectivity index (χ4n) is 1.71. The molecule has 0 unspecified atom stereocenters. The zero-order valence-corrected chi connectivity index (χ0v) is 11.9. The molecule has 0 aliphatic rings. The van der Waals surface area contributed by atoms with Gasteiger partial charge in [-0.2, -0.15) is 0 Å². The second-order valence-electron chi connectivity index (χ2n) is 5.33. The van der Waals surface area contributed by atoms with Crippen molar-refractivity contribution in [1.82, 2.24) is 4.90 Å². The molecule has 1 rings (SSSR count). The monoisotopic (exact) mass is 269 g/mol. The standard InChI is InChI=1S/C14H20ClNO2/c1-14(2,3)16(9-8-13(17)18)10-11-6-4-5-7-12(11)15/h4-7H,8-10H2,1-3H3,(H,17,18). The lowest BCUT2D eigenvalue weighted by atomic mass is 10.0. The Kier molecular flexibility index (Phi) is 5.17. The smallest absolute Gasteiger partial charge is 0.304 e. The molecule has 1 N–H and O–H groups in total. The number of benzene rings is 1.